The Bertz CT molecular complexity index is 1090. The number of nitrogens with one attached hydrogen (secondary N) is 2. The molecule has 128 valence electrons. The van der Waals surface area contributed by atoms with Crippen LogP contribution in [0.25, 0.3) is 22.4 Å². The molecule has 0 unspecified atom stereocenters. The number of halogens is 2. The fraction of sp³-hybridized carbons (Fsp3) is 0. The van der Waals surface area contributed by atoms with E-state index in [-0.39, 0.29) is 5.56 Å². The lowest BCUT2D eigenvalue weighted by Gasteiger charge is -2.10. The molecule has 26 heavy (non-hydrogen) atoms. The third-order valence-electron chi connectivity index (χ3n) is 3.99. The summed E-state index contributed by atoms with van der Waals surface area (Å²) in [5.41, 5.74) is 2.39. The van der Waals surface area contributed by atoms with E-state index in [1.54, 1.807) is 24.3 Å². The van der Waals surface area contributed by atoms with Crippen molar-refractivity contribution in [2.45, 2.75) is 0 Å². The Kier molecular flexibility index (Phi) is 3.93. The number of aromatic nitrogens is 2. The number of benzene rings is 3. The summed E-state index contributed by atoms with van der Waals surface area (Å²) < 4.78 is 27.2. The summed E-state index contributed by atoms with van der Waals surface area (Å²) in [6.07, 6.45) is 0. The fourth-order valence-corrected chi connectivity index (χ4v) is 2.74. The van der Waals surface area contributed by atoms with Gasteiger partial charge in [0, 0.05) is 5.56 Å². The fourth-order valence-electron chi connectivity index (χ4n) is 2.74. The molecule has 0 fully saturated rings. The molecule has 4 aromatic rings. The molecule has 1 aromatic heterocycles. The van der Waals surface area contributed by atoms with Crippen molar-refractivity contribution in [2.24, 2.45) is 0 Å². The van der Waals surface area contributed by atoms with Crippen molar-refractivity contribution in [1.29, 1.82) is 0 Å². The highest BCUT2D eigenvalue weighted by atomic mass is 19.1. The second-order valence-electron chi connectivity index (χ2n) is 5.73. The number of anilines is 1. The number of H-pyrrole nitrogens is 1. The molecule has 2 N–H and O–H groups in total. The number of nitrogens with zero attached hydrogens (tertiary/aromatic N) is 1. The van der Waals surface area contributed by atoms with Crippen LogP contribution in [0.4, 0.5) is 14.5 Å². The zero-order valence-corrected chi connectivity index (χ0v) is 13.5. The molecule has 0 bridgehead atoms. The lowest BCUT2D eigenvalue weighted by Crippen LogP contribution is -2.14. The Balaban J connectivity index is 1.72. The molecule has 4 rings (SSSR count). The molecular weight excluding hydrogens is 336 g/mol. The molecule has 1 amide bonds. The van der Waals surface area contributed by atoms with Gasteiger partial charge in [-0.1, -0.05) is 24.3 Å². The van der Waals surface area contributed by atoms with E-state index in [1.807, 2.05) is 24.3 Å². The summed E-state index contributed by atoms with van der Waals surface area (Å²) in [6, 6.07) is 17.3. The van der Waals surface area contributed by atoms with Crippen molar-refractivity contribution < 1.29 is 13.6 Å². The first-order valence-corrected chi connectivity index (χ1v) is 7.92. The molecule has 0 radical (unpaired) electrons. The van der Waals surface area contributed by atoms with Crippen LogP contribution in [0.3, 0.4) is 0 Å². The number of carbonyl (C=O) groups excluding carboxylic acids is 1. The molecule has 0 aliphatic carbocycles. The van der Waals surface area contributed by atoms with Gasteiger partial charge in [-0.25, -0.2) is 13.8 Å². The zero-order chi connectivity index (χ0) is 18.1. The molecule has 0 spiro atoms. The number of para-hydroxylation sites is 3. The Morgan fingerprint density at radius 3 is 2.58 bits per heavy atom. The van der Waals surface area contributed by atoms with Crippen molar-refractivity contribution in [3.05, 3.63) is 83.9 Å². The first kappa shape index (κ1) is 16.0. The summed E-state index contributed by atoms with van der Waals surface area (Å²) in [7, 11) is 0. The third kappa shape index (κ3) is 2.93. The minimum absolute atomic E-state index is 0.357. The monoisotopic (exact) mass is 349 g/mol. The van der Waals surface area contributed by atoms with Gasteiger partial charge in [-0.05, 0) is 42.5 Å². The highest BCUT2D eigenvalue weighted by molar-refractivity contribution is 6.06. The summed E-state index contributed by atoms with van der Waals surface area (Å²) in [5.74, 6) is -1.63. The highest BCUT2D eigenvalue weighted by Crippen LogP contribution is 2.28. The number of carbonyl (C=O) groups is 1. The minimum atomic E-state index is -0.787. The van der Waals surface area contributed by atoms with Gasteiger partial charge in [0.25, 0.3) is 5.91 Å². The number of fused-ring (bicyclic) bond motifs is 1. The van der Waals surface area contributed by atoms with Crippen molar-refractivity contribution in [2.75, 3.05) is 5.32 Å². The number of imidazole rings is 1. The van der Waals surface area contributed by atoms with Crippen molar-refractivity contribution in [3.63, 3.8) is 0 Å². The van der Waals surface area contributed by atoms with E-state index in [0.717, 1.165) is 29.2 Å². The van der Waals surface area contributed by atoms with Gasteiger partial charge in [0.15, 0.2) is 0 Å². The van der Waals surface area contributed by atoms with E-state index in [2.05, 4.69) is 15.3 Å². The van der Waals surface area contributed by atoms with E-state index < -0.39 is 17.5 Å². The number of hydrogen-bond acceptors (Lipinski definition) is 2. The van der Waals surface area contributed by atoms with Crippen molar-refractivity contribution in [1.82, 2.24) is 9.97 Å². The molecular formula is C20H13F2N3O. The van der Waals surface area contributed by atoms with Gasteiger partial charge in [0.05, 0.1) is 22.3 Å². The van der Waals surface area contributed by atoms with Gasteiger partial charge < -0.3 is 10.3 Å². The third-order valence-corrected chi connectivity index (χ3v) is 3.99. The Hall–Kier alpha value is -3.54. The standard InChI is InChI=1S/C20H13F2N3O/c21-12-9-10-15(22)14(11-12)20(26)25-16-6-2-1-5-13(16)19-23-17-7-3-4-8-18(17)24-19/h1-11H,(H,23,24)(H,25,26). The van der Waals surface area contributed by atoms with E-state index >= 15 is 0 Å². The van der Waals surface area contributed by atoms with Crippen LogP contribution in [0.5, 0.6) is 0 Å². The van der Waals surface area contributed by atoms with E-state index in [0.29, 0.717) is 17.1 Å². The summed E-state index contributed by atoms with van der Waals surface area (Å²) in [5, 5.41) is 2.63. The van der Waals surface area contributed by atoms with Crippen LogP contribution < -0.4 is 5.32 Å². The van der Waals surface area contributed by atoms with Gasteiger partial charge in [0.2, 0.25) is 0 Å². The SMILES string of the molecule is O=C(Nc1ccccc1-c1nc2ccccc2[nH]1)c1cc(F)ccc1F. The van der Waals surface area contributed by atoms with E-state index in [1.165, 1.54) is 0 Å². The normalized spacial score (nSPS) is 10.8. The van der Waals surface area contributed by atoms with Crippen molar-refractivity contribution >= 4 is 22.6 Å². The molecule has 1 heterocycles. The summed E-state index contributed by atoms with van der Waals surface area (Å²) >= 11 is 0. The molecule has 0 aliphatic heterocycles. The van der Waals surface area contributed by atoms with Gasteiger partial charge in [-0.15, -0.1) is 0 Å². The second-order valence-corrected chi connectivity index (χ2v) is 5.73. The van der Waals surface area contributed by atoms with Gasteiger partial charge >= 0.3 is 0 Å². The molecule has 6 heteroatoms. The second kappa shape index (κ2) is 6.40. The largest absolute Gasteiger partial charge is 0.338 e. The lowest BCUT2D eigenvalue weighted by molar-refractivity contribution is 0.102. The number of aromatic amines is 1. The first-order valence-electron chi connectivity index (χ1n) is 7.92. The zero-order valence-electron chi connectivity index (χ0n) is 13.5. The molecule has 0 atom stereocenters. The van der Waals surface area contributed by atoms with Gasteiger partial charge in [0.1, 0.15) is 17.5 Å². The van der Waals surface area contributed by atoms with Crippen LogP contribution in [0.15, 0.2) is 66.7 Å². The summed E-state index contributed by atoms with van der Waals surface area (Å²) in [6.45, 7) is 0. The number of rotatable bonds is 3. The Labute approximate surface area is 147 Å². The topological polar surface area (TPSA) is 57.8 Å². The smallest absolute Gasteiger partial charge is 0.258 e. The maximum atomic E-state index is 13.8. The van der Waals surface area contributed by atoms with Crippen LogP contribution >= 0.6 is 0 Å². The Morgan fingerprint density at radius 2 is 1.73 bits per heavy atom. The van der Waals surface area contributed by atoms with Gasteiger partial charge in [-0.3, -0.25) is 4.79 Å². The highest BCUT2D eigenvalue weighted by Gasteiger charge is 2.16. The molecule has 3 aromatic carbocycles. The molecule has 4 nitrogen and oxygen atoms in total. The van der Waals surface area contributed by atoms with Crippen LogP contribution in [0.2, 0.25) is 0 Å². The van der Waals surface area contributed by atoms with E-state index in [4.69, 9.17) is 0 Å². The van der Waals surface area contributed by atoms with Crippen LogP contribution in [-0.4, -0.2) is 15.9 Å². The quantitative estimate of drug-likeness (QED) is 0.560. The molecule has 0 saturated heterocycles. The minimum Gasteiger partial charge on any atom is -0.338 e. The van der Waals surface area contributed by atoms with Gasteiger partial charge in [-0.2, -0.15) is 0 Å². The van der Waals surface area contributed by atoms with Crippen molar-refractivity contribution in [3.8, 4) is 11.4 Å². The van der Waals surface area contributed by atoms with Crippen LogP contribution in [0.1, 0.15) is 10.4 Å². The number of hydrogen-bond donors (Lipinski definition) is 2. The number of amides is 1. The maximum absolute atomic E-state index is 13.8. The Morgan fingerprint density at radius 1 is 0.962 bits per heavy atom. The van der Waals surface area contributed by atoms with E-state index in [9.17, 15) is 13.6 Å². The first-order chi connectivity index (χ1) is 12.6. The maximum Gasteiger partial charge on any atom is 0.258 e. The summed E-state index contributed by atoms with van der Waals surface area (Å²) in [4.78, 5) is 20.1. The van der Waals surface area contributed by atoms with Crippen LogP contribution in [0, 0.1) is 11.6 Å². The molecule has 0 saturated carbocycles. The molecule has 0 aliphatic rings. The predicted octanol–water partition coefficient (Wildman–Crippen LogP) is 4.76. The average Bonchev–Trinajstić information content (AvgIpc) is 3.08. The predicted molar refractivity (Wildman–Crippen MR) is 95.8 cm³/mol. The average molecular weight is 349 g/mol. The van der Waals surface area contributed by atoms with Crippen LogP contribution in [-0.2, 0) is 0 Å². The lowest BCUT2D eigenvalue weighted by atomic mass is 10.1.